The lowest BCUT2D eigenvalue weighted by Crippen LogP contribution is -2.64. The van der Waals surface area contributed by atoms with Crippen molar-refractivity contribution < 1.29 is 47.7 Å². The molecule has 1 N–H and O–H groups in total. The molecule has 1 heterocycles. The monoisotopic (exact) mass is 421 g/mol. The number of nitrogens with zero attached hydrogens (tertiary/aromatic N) is 1. The highest BCUT2D eigenvalue weighted by Crippen LogP contribution is 2.51. The average molecular weight is 421 g/mol. The van der Waals surface area contributed by atoms with Crippen LogP contribution in [0.15, 0.2) is 0 Å². The van der Waals surface area contributed by atoms with Crippen LogP contribution in [-0.4, -0.2) is 55.2 Å². The highest BCUT2D eigenvalue weighted by Gasteiger charge is 2.82. The molecule has 0 aromatic carbocycles. The predicted octanol–water partition coefficient (Wildman–Crippen LogP) is 2.39. The van der Waals surface area contributed by atoms with Crippen LogP contribution < -0.4 is 0 Å². The van der Waals surface area contributed by atoms with E-state index in [1.165, 1.54) is 0 Å². The van der Waals surface area contributed by atoms with E-state index in [0.29, 0.717) is 6.42 Å². The maximum atomic E-state index is 13.9. The third-order valence-corrected chi connectivity index (χ3v) is 7.14. The van der Waals surface area contributed by atoms with Gasteiger partial charge in [0, 0.05) is 13.1 Å². The molecule has 0 amide bonds. The Labute approximate surface area is 141 Å². The maximum absolute atomic E-state index is 13.9. The van der Waals surface area contributed by atoms with Crippen molar-refractivity contribution in [3.63, 3.8) is 0 Å². The highest BCUT2D eigenvalue weighted by atomic mass is 32.2. The number of hydrogen-bond acceptors (Lipinski definition) is 4. The highest BCUT2D eigenvalue weighted by molar-refractivity contribution is 7.90. The number of sulfonamides is 1. The van der Waals surface area contributed by atoms with Crippen LogP contribution in [0, 0.1) is 11.8 Å². The van der Waals surface area contributed by atoms with Gasteiger partial charge in [0.1, 0.15) is 0 Å². The van der Waals surface area contributed by atoms with Crippen molar-refractivity contribution in [2.75, 3.05) is 13.1 Å². The maximum Gasteiger partial charge on any atom is 0.439 e. The summed E-state index contributed by atoms with van der Waals surface area (Å²) in [5, 5.41) is -13.2. The Balaban J connectivity index is 3.36. The standard InChI is InChI=1S/C11H17F6NO5S2/c1-3-8-6-18(5-4-7(8)2)24(19,20)10(14,15)9(12,13)11(16,17)25(21,22)23/h7-8H,3-6H2,1-2H3,(H,21,22,23). The van der Waals surface area contributed by atoms with E-state index in [-0.39, 0.29) is 16.6 Å². The topological polar surface area (TPSA) is 91.8 Å². The molecule has 1 saturated heterocycles. The van der Waals surface area contributed by atoms with Gasteiger partial charge in [0.2, 0.25) is 0 Å². The minimum absolute atomic E-state index is 0.0358. The molecule has 0 bridgehead atoms. The third kappa shape index (κ3) is 3.37. The van der Waals surface area contributed by atoms with Crippen LogP contribution in [0.5, 0.6) is 0 Å². The van der Waals surface area contributed by atoms with Gasteiger partial charge in [-0.15, -0.1) is 0 Å². The SMILES string of the molecule is CCC1CN(S(=O)(=O)C(F)(F)C(F)(F)C(F)(F)S(=O)(=O)O)CCC1C. The second-order valence-electron chi connectivity index (χ2n) is 5.88. The van der Waals surface area contributed by atoms with Crippen LogP contribution in [0.4, 0.5) is 26.3 Å². The fourth-order valence-corrected chi connectivity index (χ4v) is 4.55. The Hall–Kier alpha value is -0.600. The van der Waals surface area contributed by atoms with Crippen LogP contribution in [0.3, 0.4) is 0 Å². The van der Waals surface area contributed by atoms with E-state index in [2.05, 4.69) is 0 Å². The zero-order chi connectivity index (χ0) is 20.1. The van der Waals surface area contributed by atoms with Gasteiger partial charge < -0.3 is 0 Å². The van der Waals surface area contributed by atoms with E-state index in [0.717, 1.165) is 0 Å². The number of rotatable bonds is 6. The molecule has 6 nitrogen and oxygen atoms in total. The molecular weight excluding hydrogens is 404 g/mol. The molecule has 0 aromatic heterocycles. The minimum atomic E-state index is -7.00. The second kappa shape index (κ2) is 6.53. The fraction of sp³-hybridized carbons (Fsp3) is 1.00. The number of halogens is 6. The molecule has 0 radical (unpaired) electrons. The van der Waals surface area contributed by atoms with Crippen LogP contribution in [0.1, 0.15) is 26.7 Å². The summed E-state index contributed by atoms with van der Waals surface area (Å²) in [4.78, 5) is 0. The number of alkyl halides is 6. The Morgan fingerprint density at radius 3 is 1.92 bits per heavy atom. The number of piperidine rings is 1. The number of hydrogen-bond donors (Lipinski definition) is 1. The molecule has 0 saturated carbocycles. The van der Waals surface area contributed by atoms with Gasteiger partial charge in [-0.05, 0) is 18.3 Å². The summed E-state index contributed by atoms with van der Waals surface area (Å²) in [6.07, 6.45) is 0.365. The van der Waals surface area contributed by atoms with Crippen molar-refractivity contribution >= 4 is 20.1 Å². The summed E-state index contributed by atoms with van der Waals surface area (Å²) in [5.74, 6) is -7.46. The van der Waals surface area contributed by atoms with Crippen LogP contribution in [-0.2, 0) is 20.1 Å². The molecule has 0 aliphatic carbocycles. The van der Waals surface area contributed by atoms with Gasteiger partial charge in [-0.1, -0.05) is 20.3 Å². The minimum Gasteiger partial charge on any atom is -0.281 e. The van der Waals surface area contributed by atoms with Gasteiger partial charge in [0.05, 0.1) is 0 Å². The first-order chi connectivity index (χ1) is 10.9. The predicted molar refractivity (Wildman–Crippen MR) is 74.4 cm³/mol. The summed E-state index contributed by atoms with van der Waals surface area (Å²) in [6.45, 7) is 2.10. The summed E-state index contributed by atoms with van der Waals surface area (Å²) < 4.78 is 134. The van der Waals surface area contributed by atoms with Gasteiger partial charge in [0.15, 0.2) is 0 Å². The van der Waals surface area contributed by atoms with E-state index < -0.39 is 55.6 Å². The van der Waals surface area contributed by atoms with E-state index in [1.54, 1.807) is 13.8 Å². The quantitative estimate of drug-likeness (QED) is 0.525. The lowest BCUT2D eigenvalue weighted by atomic mass is 9.86. The summed E-state index contributed by atoms with van der Waals surface area (Å²) in [5.41, 5.74) is 0. The molecule has 1 aliphatic rings. The fourth-order valence-electron chi connectivity index (χ4n) is 2.52. The zero-order valence-electron chi connectivity index (χ0n) is 13.1. The van der Waals surface area contributed by atoms with Gasteiger partial charge in [-0.2, -0.15) is 39.1 Å². The van der Waals surface area contributed by atoms with Crippen LogP contribution >= 0.6 is 0 Å². The van der Waals surface area contributed by atoms with Gasteiger partial charge >= 0.3 is 26.5 Å². The Morgan fingerprint density at radius 1 is 1.04 bits per heavy atom. The van der Waals surface area contributed by atoms with Gasteiger partial charge in [0.25, 0.3) is 10.0 Å². The zero-order valence-corrected chi connectivity index (χ0v) is 14.7. The average Bonchev–Trinajstić information content (AvgIpc) is 2.45. The Morgan fingerprint density at radius 2 is 1.52 bits per heavy atom. The molecule has 0 aromatic rings. The van der Waals surface area contributed by atoms with Crippen LogP contribution in [0.2, 0.25) is 0 Å². The molecule has 1 fully saturated rings. The first kappa shape index (κ1) is 22.4. The molecule has 1 rings (SSSR count). The van der Waals surface area contributed by atoms with Crippen molar-refractivity contribution in [1.29, 1.82) is 0 Å². The molecule has 2 atom stereocenters. The summed E-state index contributed by atoms with van der Waals surface area (Å²) >= 11 is 0. The Kier molecular flexibility index (Phi) is 5.86. The van der Waals surface area contributed by atoms with Gasteiger partial charge in [-0.25, -0.2) is 8.42 Å². The molecule has 14 heteroatoms. The van der Waals surface area contributed by atoms with Crippen molar-refractivity contribution in [3.05, 3.63) is 0 Å². The second-order valence-corrected chi connectivity index (χ2v) is 9.32. The lowest BCUT2D eigenvalue weighted by Gasteiger charge is -2.39. The Bertz CT molecular complexity index is 708. The third-order valence-electron chi connectivity index (χ3n) is 4.32. The van der Waals surface area contributed by atoms with Gasteiger partial charge in [-0.3, -0.25) is 4.55 Å². The molecular formula is C11H17F6NO5S2. The van der Waals surface area contributed by atoms with Crippen molar-refractivity contribution in [3.8, 4) is 0 Å². The molecule has 0 spiro atoms. The van der Waals surface area contributed by atoms with Crippen molar-refractivity contribution in [1.82, 2.24) is 4.31 Å². The van der Waals surface area contributed by atoms with E-state index in [1.807, 2.05) is 0 Å². The van der Waals surface area contributed by atoms with Crippen LogP contribution in [0.25, 0.3) is 0 Å². The summed E-state index contributed by atoms with van der Waals surface area (Å²) in [7, 11) is -13.3. The normalized spacial score (nSPS) is 25.2. The molecule has 2 unspecified atom stereocenters. The van der Waals surface area contributed by atoms with Crippen molar-refractivity contribution in [2.45, 2.75) is 43.1 Å². The largest absolute Gasteiger partial charge is 0.439 e. The first-order valence-corrected chi connectivity index (χ1v) is 9.93. The van der Waals surface area contributed by atoms with E-state index >= 15 is 0 Å². The smallest absolute Gasteiger partial charge is 0.281 e. The van der Waals surface area contributed by atoms with Crippen molar-refractivity contribution in [2.24, 2.45) is 11.8 Å². The van der Waals surface area contributed by atoms with E-state index in [4.69, 9.17) is 4.55 Å². The molecule has 150 valence electrons. The lowest BCUT2D eigenvalue weighted by molar-refractivity contribution is -0.247. The van der Waals surface area contributed by atoms with E-state index in [9.17, 15) is 43.2 Å². The summed E-state index contributed by atoms with van der Waals surface area (Å²) in [6, 6.07) is 0. The first-order valence-electron chi connectivity index (χ1n) is 7.05. The molecule has 25 heavy (non-hydrogen) atoms. The molecule has 1 aliphatic heterocycles.